The van der Waals surface area contributed by atoms with Gasteiger partial charge in [0.1, 0.15) is 0 Å². The van der Waals surface area contributed by atoms with Crippen molar-refractivity contribution in [2.75, 3.05) is 0 Å². The van der Waals surface area contributed by atoms with Crippen molar-refractivity contribution in [3.05, 3.63) is 48.5 Å². The van der Waals surface area contributed by atoms with Crippen molar-refractivity contribution in [2.45, 2.75) is 24.9 Å². The van der Waals surface area contributed by atoms with E-state index in [0.29, 0.717) is 5.56 Å². The average molecular weight is 298 g/mol. The van der Waals surface area contributed by atoms with E-state index in [2.05, 4.69) is 4.98 Å². The number of carboxylic acids is 1. The van der Waals surface area contributed by atoms with E-state index >= 15 is 0 Å². The van der Waals surface area contributed by atoms with Gasteiger partial charge in [0.15, 0.2) is 0 Å². The molecular weight excluding hydrogens is 285 g/mol. The number of aliphatic carboxylic acids is 1. The zero-order valence-electron chi connectivity index (χ0n) is 10.9. The van der Waals surface area contributed by atoms with Crippen LogP contribution < -0.4 is 0 Å². The Morgan fingerprint density at radius 3 is 2.43 bits per heavy atom. The molecule has 0 bridgehead atoms. The number of aromatic nitrogens is 2. The summed E-state index contributed by atoms with van der Waals surface area (Å²) in [5.74, 6) is -2.33. The summed E-state index contributed by atoms with van der Waals surface area (Å²) in [7, 11) is 0. The van der Waals surface area contributed by atoms with Crippen LogP contribution in [0.5, 0.6) is 0 Å². The highest BCUT2D eigenvalue weighted by atomic mass is 19.4. The first-order valence-electron chi connectivity index (χ1n) is 6.22. The van der Waals surface area contributed by atoms with E-state index in [-0.39, 0.29) is 0 Å². The molecule has 21 heavy (non-hydrogen) atoms. The monoisotopic (exact) mass is 298 g/mol. The molecule has 4 nitrogen and oxygen atoms in total. The predicted molar refractivity (Wildman–Crippen MR) is 69.2 cm³/mol. The van der Waals surface area contributed by atoms with Gasteiger partial charge in [0.25, 0.3) is 0 Å². The van der Waals surface area contributed by atoms with Gasteiger partial charge in [-0.25, -0.2) is 4.98 Å². The van der Waals surface area contributed by atoms with Gasteiger partial charge in [-0.15, -0.1) is 0 Å². The second-order valence-electron chi connectivity index (χ2n) is 4.68. The smallest absolute Gasteiger partial charge is 0.389 e. The summed E-state index contributed by atoms with van der Waals surface area (Å²) in [5, 5.41) is 8.77. The molecule has 0 aliphatic rings. The molecule has 1 atom stereocenters. The molecule has 7 heteroatoms. The van der Waals surface area contributed by atoms with Crippen LogP contribution in [0, 0.1) is 0 Å². The third-order valence-corrected chi connectivity index (χ3v) is 3.07. The molecule has 0 amide bonds. The summed E-state index contributed by atoms with van der Waals surface area (Å²) in [6.45, 7) is 0. The van der Waals surface area contributed by atoms with Gasteiger partial charge in [-0.3, -0.25) is 4.79 Å². The largest absolute Gasteiger partial charge is 0.481 e. The number of benzene rings is 1. The fourth-order valence-electron chi connectivity index (χ4n) is 2.13. The Hall–Kier alpha value is -2.31. The number of rotatable bonds is 5. The molecule has 1 heterocycles. The Morgan fingerprint density at radius 1 is 1.29 bits per heavy atom. The van der Waals surface area contributed by atoms with Crippen LogP contribution in [-0.4, -0.2) is 26.8 Å². The zero-order chi connectivity index (χ0) is 15.5. The number of halogens is 3. The molecule has 0 saturated heterocycles. The summed E-state index contributed by atoms with van der Waals surface area (Å²) < 4.78 is 39.3. The summed E-state index contributed by atoms with van der Waals surface area (Å²) in [6, 6.07) is 6.33. The molecule has 1 aromatic carbocycles. The molecule has 1 unspecified atom stereocenters. The number of alkyl halides is 3. The lowest BCUT2D eigenvalue weighted by Gasteiger charge is -2.17. The molecule has 0 saturated carbocycles. The summed E-state index contributed by atoms with van der Waals surface area (Å²) in [4.78, 5) is 14.6. The Morgan fingerprint density at radius 2 is 1.95 bits per heavy atom. The molecule has 112 valence electrons. The van der Waals surface area contributed by atoms with Gasteiger partial charge >= 0.3 is 12.1 Å². The van der Waals surface area contributed by atoms with Crippen molar-refractivity contribution in [3.63, 3.8) is 0 Å². The highest BCUT2D eigenvalue weighted by Crippen LogP contribution is 2.33. The fourth-order valence-corrected chi connectivity index (χ4v) is 2.13. The van der Waals surface area contributed by atoms with E-state index in [4.69, 9.17) is 5.11 Å². The topological polar surface area (TPSA) is 55.1 Å². The minimum Gasteiger partial charge on any atom is -0.481 e. The Labute approximate surface area is 118 Å². The first-order chi connectivity index (χ1) is 9.85. The van der Waals surface area contributed by atoms with Crippen molar-refractivity contribution in [1.82, 2.24) is 9.55 Å². The number of carbonyl (C=O) groups is 1. The quantitative estimate of drug-likeness (QED) is 0.920. The van der Waals surface area contributed by atoms with Crippen LogP contribution in [0.4, 0.5) is 13.2 Å². The van der Waals surface area contributed by atoms with E-state index in [1.54, 1.807) is 35.4 Å². The lowest BCUT2D eigenvalue weighted by atomic mass is 9.92. The van der Waals surface area contributed by atoms with Crippen molar-refractivity contribution in [2.24, 2.45) is 0 Å². The molecular formula is C14H13F3N2O2. The van der Waals surface area contributed by atoms with Gasteiger partial charge in [-0.05, 0) is 17.7 Å². The summed E-state index contributed by atoms with van der Waals surface area (Å²) in [6.07, 6.45) is -1.24. The second kappa shape index (κ2) is 5.99. The maximum absolute atomic E-state index is 12.5. The third kappa shape index (κ3) is 4.34. The number of imidazole rings is 1. The van der Waals surface area contributed by atoms with Crippen LogP contribution in [0.2, 0.25) is 0 Å². The van der Waals surface area contributed by atoms with Gasteiger partial charge in [0.05, 0.1) is 19.2 Å². The molecule has 0 spiro atoms. The van der Waals surface area contributed by atoms with Crippen LogP contribution in [-0.2, 0) is 4.79 Å². The molecule has 0 aliphatic carbocycles. The predicted octanol–water partition coefficient (Wildman–Crippen LogP) is 3.38. The number of nitrogens with zero attached hydrogens (tertiary/aromatic N) is 2. The first kappa shape index (κ1) is 15.1. The minimum absolute atomic E-state index is 0.360. The Balaban J connectivity index is 2.21. The average Bonchev–Trinajstić information content (AvgIpc) is 2.90. The second-order valence-corrected chi connectivity index (χ2v) is 4.68. The van der Waals surface area contributed by atoms with Crippen LogP contribution >= 0.6 is 0 Å². The molecule has 2 rings (SSSR count). The standard InChI is InChI=1S/C14H13F3N2O2/c15-14(16,17)8-11(7-13(20)21)10-1-3-12(4-2-10)19-6-5-18-9-19/h1-6,9,11H,7-8H2,(H,20,21). The normalized spacial score (nSPS) is 13.1. The maximum atomic E-state index is 12.5. The van der Waals surface area contributed by atoms with Crippen molar-refractivity contribution < 1.29 is 23.1 Å². The number of hydrogen-bond donors (Lipinski definition) is 1. The lowest BCUT2D eigenvalue weighted by molar-refractivity contribution is -0.145. The van der Waals surface area contributed by atoms with Gasteiger partial charge in [0.2, 0.25) is 0 Å². The molecule has 0 fully saturated rings. The third-order valence-electron chi connectivity index (χ3n) is 3.07. The fraction of sp³-hybridized carbons (Fsp3) is 0.286. The van der Waals surface area contributed by atoms with Gasteiger partial charge in [0, 0.05) is 24.0 Å². The van der Waals surface area contributed by atoms with Gasteiger partial charge in [-0.1, -0.05) is 12.1 Å². The van der Waals surface area contributed by atoms with Gasteiger partial charge in [-0.2, -0.15) is 13.2 Å². The van der Waals surface area contributed by atoms with Gasteiger partial charge < -0.3 is 9.67 Å². The van der Waals surface area contributed by atoms with E-state index in [1.165, 1.54) is 12.1 Å². The van der Waals surface area contributed by atoms with Crippen LogP contribution in [0.1, 0.15) is 24.3 Å². The number of carboxylic acid groups (broad SMARTS) is 1. The Kier molecular flexibility index (Phi) is 4.30. The van der Waals surface area contributed by atoms with E-state index in [9.17, 15) is 18.0 Å². The van der Waals surface area contributed by atoms with Crippen LogP contribution in [0.3, 0.4) is 0 Å². The lowest BCUT2D eigenvalue weighted by Crippen LogP contribution is -2.16. The van der Waals surface area contributed by atoms with Crippen LogP contribution in [0.25, 0.3) is 5.69 Å². The molecule has 1 aromatic heterocycles. The SMILES string of the molecule is O=C(O)CC(CC(F)(F)F)c1ccc(-n2ccnc2)cc1. The highest BCUT2D eigenvalue weighted by molar-refractivity contribution is 5.68. The highest BCUT2D eigenvalue weighted by Gasteiger charge is 2.33. The molecule has 0 radical (unpaired) electrons. The van der Waals surface area contributed by atoms with E-state index in [0.717, 1.165) is 5.69 Å². The van der Waals surface area contributed by atoms with Crippen molar-refractivity contribution >= 4 is 5.97 Å². The molecule has 0 aliphatic heterocycles. The van der Waals surface area contributed by atoms with Crippen molar-refractivity contribution in [3.8, 4) is 5.69 Å². The summed E-state index contributed by atoms with van der Waals surface area (Å²) >= 11 is 0. The Bertz CT molecular complexity index is 592. The summed E-state index contributed by atoms with van der Waals surface area (Å²) in [5.41, 5.74) is 1.11. The zero-order valence-corrected chi connectivity index (χ0v) is 10.9. The maximum Gasteiger partial charge on any atom is 0.389 e. The first-order valence-corrected chi connectivity index (χ1v) is 6.22. The van der Waals surface area contributed by atoms with E-state index in [1.807, 2.05) is 0 Å². The van der Waals surface area contributed by atoms with E-state index < -0.39 is 30.9 Å². The molecule has 2 aromatic rings. The number of hydrogen-bond acceptors (Lipinski definition) is 2. The molecule has 1 N–H and O–H groups in total. The van der Waals surface area contributed by atoms with Crippen molar-refractivity contribution in [1.29, 1.82) is 0 Å². The van der Waals surface area contributed by atoms with Crippen LogP contribution in [0.15, 0.2) is 43.0 Å². The minimum atomic E-state index is -4.40.